The van der Waals surface area contributed by atoms with Crippen molar-refractivity contribution < 1.29 is 9.72 Å². The van der Waals surface area contributed by atoms with E-state index in [0.717, 1.165) is 18.8 Å². The predicted octanol–water partition coefficient (Wildman–Crippen LogP) is 0.851. The van der Waals surface area contributed by atoms with Crippen molar-refractivity contribution in [2.75, 3.05) is 38.1 Å². The zero-order valence-corrected chi connectivity index (χ0v) is 12.3. The van der Waals surface area contributed by atoms with Crippen LogP contribution in [0.1, 0.15) is 6.92 Å². The molecule has 7 nitrogen and oxygen atoms in total. The SMILES string of the molecule is CNC(C)C(=O)N1CCN(c2ccc([N+](=O)[O-])cc2)CC1. The van der Waals surface area contributed by atoms with Crippen molar-refractivity contribution in [1.82, 2.24) is 10.2 Å². The van der Waals surface area contributed by atoms with Gasteiger partial charge in [-0.05, 0) is 26.1 Å². The van der Waals surface area contributed by atoms with Crippen LogP contribution in [0.25, 0.3) is 0 Å². The lowest BCUT2D eigenvalue weighted by atomic mass is 10.2. The quantitative estimate of drug-likeness (QED) is 0.657. The number of piperazine rings is 1. The maximum Gasteiger partial charge on any atom is 0.269 e. The Kier molecular flexibility index (Phi) is 4.74. The Morgan fingerprint density at radius 3 is 2.29 bits per heavy atom. The van der Waals surface area contributed by atoms with Crippen molar-refractivity contribution in [3.05, 3.63) is 34.4 Å². The van der Waals surface area contributed by atoms with Crippen molar-refractivity contribution in [3.63, 3.8) is 0 Å². The molecule has 0 saturated carbocycles. The zero-order chi connectivity index (χ0) is 15.4. The van der Waals surface area contributed by atoms with E-state index in [2.05, 4.69) is 10.2 Å². The summed E-state index contributed by atoms with van der Waals surface area (Å²) in [5.41, 5.74) is 1.05. The summed E-state index contributed by atoms with van der Waals surface area (Å²) in [7, 11) is 1.77. The minimum Gasteiger partial charge on any atom is -0.368 e. The molecule has 2 rings (SSSR count). The van der Waals surface area contributed by atoms with Crippen LogP contribution in [-0.4, -0.2) is 55.0 Å². The van der Waals surface area contributed by atoms with Crippen LogP contribution in [0.2, 0.25) is 0 Å². The lowest BCUT2D eigenvalue weighted by molar-refractivity contribution is -0.384. The lowest BCUT2D eigenvalue weighted by Gasteiger charge is -2.37. The average Bonchev–Trinajstić information content (AvgIpc) is 2.53. The maximum atomic E-state index is 12.1. The largest absolute Gasteiger partial charge is 0.368 e. The second kappa shape index (κ2) is 6.53. The van der Waals surface area contributed by atoms with Gasteiger partial charge in [-0.1, -0.05) is 0 Å². The molecule has 1 amide bonds. The van der Waals surface area contributed by atoms with Gasteiger partial charge in [-0.2, -0.15) is 0 Å². The predicted molar refractivity (Wildman–Crippen MR) is 80.4 cm³/mol. The lowest BCUT2D eigenvalue weighted by Crippen LogP contribution is -2.53. The summed E-state index contributed by atoms with van der Waals surface area (Å²) >= 11 is 0. The Morgan fingerprint density at radius 1 is 1.24 bits per heavy atom. The summed E-state index contributed by atoms with van der Waals surface area (Å²) in [5.74, 6) is 0.112. The van der Waals surface area contributed by atoms with E-state index < -0.39 is 4.92 Å². The Labute approximate surface area is 123 Å². The van der Waals surface area contributed by atoms with Gasteiger partial charge in [-0.25, -0.2) is 0 Å². The van der Waals surface area contributed by atoms with Gasteiger partial charge in [-0.15, -0.1) is 0 Å². The third-order valence-corrected chi connectivity index (χ3v) is 3.82. The minimum atomic E-state index is -0.403. The molecule has 1 fully saturated rings. The molecule has 0 aromatic heterocycles. The van der Waals surface area contributed by atoms with Gasteiger partial charge in [0.1, 0.15) is 0 Å². The normalized spacial score (nSPS) is 16.7. The van der Waals surface area contributed by atoms with Crippen LogP contribution in [0.15, 0.2) is 24.3 Å². The fraction of sp³-hybridized carbons (Fsp3) is 0.500. The van der Waals surface area contributed by atoms with Crippen molar-refractivity contribution in [2.45, 2.75) is 13.0 Å². The standard InChI is InChI=1S/C14H20N4O3/c1-11(15-2)14(19)17-9-7-16(8-10-17)12-3-5-13(6-4-12)18(20)21/h3-6,11,15H,7-10H2,1-2H3. The number of carbonyl (C=O) groups is 1. The van der Waals surface area contributed by atoms with Crippen molar-refractivity contribution in [1.29, 1.82) is 0 Å². The summed E-state index contributed by atoms with van der Waals surface area (Å²) in [6, 6.07) is 6.36. The number of hydrogen-bond donors (Lipinski definition) is 1. The first kappa shape index (κ1) is 15.2. The summed E-state index contributed by atoms with van der Waals surface area (Å²) in [6.07, 6.45) is 0. The van der Waals surface area contributed by atoms with Crippen LogP contribution in [0.4, 0.5) is 11.4 Å². The van der Waals surface area contributed by atoms with Crippen molar-refractivity contribution >= 4 is 17.3 Å². The minimum absolute atomic E-state index is 0.0930. The molecule has 0 aliphatic carbocycles. The number of nitrogens with zero attached hydrogens (tertiary/aromatic N) is 3. The van der Waals surface area contributed by atoms with E-state index in [-0.39, 0.29) is 17.6 Å². The molecule has 1 aliphatic heterocycles. The molecule has 1 atom stereocenters. The second-order valence-corrected chi connectivity index (χ2v) is 5.10. The summed E-state index contributed by atoms with van der Waals surface area (Å²) < 4.78 is 0. The highest BCUT2D eigenvalue weighted by molar-refractivity contribution is 5.81. The van der Waals surface area contributed by atoms with E-state index in [1.807, 2.05) is 11.8 Å². The second-order valence-electron chi connectivity index (χ2n) is 5.10. The van der Waals surface area contributed by atoms with Crippen molar-refractivity contribution in [3.8, 4) is 0 Å². The zero-order valence-electron chi connectivity index (χ0n) is 12.3. The number of carbonyl (C=O) groups excluding carboxylic acids is 1. The molecule has 1 unspecified atom stereocenters. The smallest absolute Gasteiger partial charge is 0.269 e. The number of non-ortho nitro benzene ring substituents is 1. The molecular weight excluding hydrogens is 272 g/mol. The van der Waals surface area contributed by atoms with E-state index in [1.165, 1.54) is 12.1 Å². The number of nitrogens with one attached hydrogen (secondary N) is 1. The number of amides is 1. The van der Waals surface area contributed by atoms with Crippen LogP contribution >= 0.6 is 0 Å². The summed E-state index contributed by atoms with van der Waals surface area (Å²) in [6.45, 7) is 4.66. The summed E-state index contributed by atoms with van der Waals surface area (Å²) in [5, 5.41) is 13.6. The fourth-order valence-corrected chi connectivity index (χ4v) is 2.37. The molecule has 0 radical (unpaired) electrons. The van der Waals surface area contributed by atoms with E-state index in [1.54, 1.807) is 19.2 Å². The Bertz CT molecular complexity index is 509. The number of rotatable bonds is 4. The fourth-order valence-electron chi connectivity index (χ4n) is 2.37. The van der Waals surface area contributed by atoms with Gasteiger partial charge in [0, 0.05) is 44.0 Å². The van der Waals surface area contributed by atoms with E-state index in [4.69, 9.17) is 0 Å². The highest BCUT2D eigenvalue weighted by Gasteiger charge is 2.24. The first-order valence-electron chi connectivity index (χ1n) is 6.98. The molecule has 0 spiro atoms. The molecule has 7 heteroatoms. The molecule has 21 heavy (non-hydrogen) atoms. The van der Waals surface area contributed by atoms with Crippen LogP contribution in [0.3, 0.4) is 0 Å². The van der Waals surface area contributed by atoms with Gasteiger partial charge in [-0.3, -0.25) is 14.9 Å². The topological polar surface area (TPSA) is 78.7 Å². The van der Waals surface area contributed by atoms with E-state index in [0.29, 0.717) is 13.1 Å². The van der Waals surface area contributed by atoms with Gasteiger partial charge in [0.25, 0.3) is 5.69 Å². The Morgan fingerprint density at radius 2 is 1.81 bits per heavy atom. The molecule has 1 aromatic carbocycles. The molecule has 0 bridgehead atoms. The molecule has 1 saturated heterocycles. The van der Waals surface area contributed by atoms with Gasteiger partial charge in [0.15, 0.2) is 0 Å². The van der Waals surface area contributed by atoms with Crippen LogP contribution < -0.4 is 10.2 Å². The third-order valence-electron chi connectivity index (χ3n) is 3.82. The van der Waals surface area contributed by atoms with E-state index in [9.17, 15) is 14.9 Å². The van der Waals surface area contributed by atoms with Gasteiger partial charge >= 0.3 is 0 Å². The van der Waals surface area contributed by atoms with E-state index >= 15 is 0 Å². The highest BCUT2D eigenvalue weighted by atomic mass is 16.6. The maximum absolute atomic E-state index is 12.1. The number of anilines is 1. The van der Waals surface area contributed by atoms with Crippen LogP contribution in [0, 0.1) is 10.1 Å². The molecule has 1 aromatic rings. The molecule has 1 N–H and O–H groups in total. The first-order chi connectivity index (χ1) is 10.0. The van der Waals surface area contributed by atoms with Crippen LogP contribution in [0.5, 0.6) is 0 Å². The number of benzene rings is 1. The van der Waals surface area contributed by atoms with Gasteiger partial charge in [0.2, 0.25) is 5.91 Å². The Hall–Kier alpha value is -2.15. The number of nitro groups is 1. The third kappa shape index (κ3) is 3.49. The molecule has 114 valence electrons. The van der Waals surface area contributed by atoms with Gasteiger partial charge < -0.3 is 15.1 Å². The van der Waals surface area contributed by atoms with Gasteiger partial charge in [0.05, 0.1) is 11.0 Å². The molecule has 1 heterocycles. The number of hydrogen-bond acceptors (Lipinski definition) is 5. The molecule has 1 aliphatic rings. The first-order valence-corrected chi connectivity index (χ1v) is 6.98. The van der Waals surface area contributed by atoms with Crippen LogP contribution in [-0.2, 0) is 4.79 Å². The molecular formula is C14H20N4O3. The van der Waals surface area contributed by atoms with Crippen molar-refractivity contribution in [2.24, 2.45) is 0 Å². The monoisotopic (exact) mass is 292 g/mol. The Balaban J connectivity index is 1.94. The summed E-state index contributed by atoms with van der Waals surface area (Å²) in [4.78, 5) is 26.3. The highest BCUT2D eigenvalue weighted by Crippen LogP contribution is 2.20. The number of nitro benzene ring substituents is 1. The average molecular weight is 292 g/mol. The number of likely N-dealkylation sites (N-methyl/N-ethyl adjacent to an activating group) is 1.